The van der Waals surface area contributed by atoms with Crippen LogP contribution in [0.25, 0.3) is 5.69 Å². The molecular formula is C18H20ClF3N4O2. The third-order valence-electron chi connectivity index (χ3n) is 4.90. The number of alkyl halides is 3. The highest BCUT2D eigenvalue weighted by molar-refractivity contribution is 6.33. The lowest BCUT2D eigenvalue weighted by Crippen LogP contribution is -2.29. The number of nitrogens with zero attached hydrogens (tertiary/aromatic N) is 2. The molecule has 6 nitrogen and oxygen atoms in total. The Morgan fingerprint density at radius 1 is 1.25 bits per heavy atom. The van der Waals surface area contributed by atoms with Crippen LogP contribution >= 0.6 is 11.6 Å². The predicted octanol–water partition coefficient (Wildman–Crippen LogP) is 3.93. The number of benzene rings is 1. The number of H-pyrrole nitrogens is 1. The molecule has 28 heavy (non-hydrogen) atoms. The molecule has 1 aliphatic carbocycles. The van der Waals surface area contributed by atoms with Crippen LogP contribution in [-0.4, -0.2) is 27.2 Å². The largest absolute Gasteiger partial charge is 0.452 e. The second-order valence-electron chi connectivity index (χ2n) is 6.92. The zero-order valence-electron chi connectivity index (χ0n) is 15.0. The molecule has 0 unspecified atom stereocenters. The summed E-state index contributed by atoms with van der Waals surface area (Å²) >= 11 is 6.08. The van der Waals surface area contributed by atoms with Crippen molar-refractivity contribution in [2.24, 2.45) is 5.92 Å². The molecule has 0 bridgehead atoms. The topological polar surface area (TPSA) is 79.8 Å². The Bertz CT molecular complexity index is 899. The van der Waals surface area contributed by atoms with Crippen molar-refractivity contribution in [3.63, 3.8) is 0 Å². The van der Waals surface area contributed by atoms with E-state index in [1.54, 1.807) is 5.10 Å². The van der Waals surface area contributed by atoms with Gasteiger partial charge in [0, 0.05) is 6.54 Å². The second-order valence-corrected chi connectivity index (χ2v) is 7.32. The number of carbonyl (C=O) groups excluding carboxylic acids is 1. The number of rotatable bonds is 4. The summed E-state index contributed by atoms with van der Waals surface area (Å²) in [6, 6.07) is 3.69. The SMILES string of the molecule is O=C(NCC1CCCCCC1)c1cc(-n2c(C(F)(F)F)n[nH]c2=O)ccc1Cl. The Kier molecular flexibility index (Phi) is 6.12. The summed E-state index contributed by atoms with van der Waals surface area (Å²) in [7, 11) is 0. The lowest BCUT2D eigenvalue weighted by atomic mass is 10.0. The Hall–Kier alpha value is -2.29. The van der Waals surface area contributed by atoms with Gasteiger partial charge in [-0.1, -0.05) is 37.3 Å². The lowest BCUT2D eigenvalue weighted by Gasteiger charge is -2.16. The Balaban J connectivity index is 1.83. The van der Waals surface area contributed by atoms with Gasteiger partial charge in [-0.15, -0.1) is 5.10 Å². The summed E-state index contributed by atoms with van der Waals surface area (Å²) < 4.78 is 39.7. The van der Waals surface area contributed by atoms with E-state index >= 15 is 0 Å². The summed E-state index contributed by atoms with van der Waals surface area (Å²) in [6.45, 7) is 0.485. The molecular weight excluding hydrogens is 397 g/mol. The molecule has 1 fully saturated rings. The van der Waals surface area contributed by atoms with Crippen molar-refractivity contribution >= 4 is 17.5 Å². The smallest absolute Gasteiger partial charge is 0.352 e. The highest BCUT2D eigenvalue weighted by Crippen LogP contribution is 2.29. The van der Waals surface area contributed by atoms with E-state index in [0.717, 1.165) is 31.7 Å². The fourth-order valence-electron chi connectivity index (χ4n) is 3.45. The molecule has 1 aliphatic rings. The number of nitrogens with one attached hydrogen (secondary N) is 2. The number of hydrogen-bond donors (Lipinski definition) is 2. The first-order chi connectivity index (χ1) is 13.3. The fourth-order valence-corrected chi connectivity index (χ4v) is 3.66. The van der Waals surface area contributed by atoms with Gasteiger partial charge >= 0.3 is 11.9 Å². The van der Waals surface area contributed by atoms with E-state index in [1.807, 2.05) is 0 Å². The minimum absolute atomic E-state index is 0.00835. The molecule has 1 aromatic carbocycles. The summed E-state index contributed by atoms with van der Waals surface area (Å²) in [5.41, 5.74) is -1.19. The van der Waals surface area contributed by atoms with E-state index in [-0.39, 0.29) is 16.3 Å². The number of carbonyl (C=O) groups is 1. The molecule has 3 rings (SSSR count). The molecule has 1 amide bonds. The van der Waals surface area contributed by atoms with Gasteiger partial charge in [-0.25, -0.2) is 14.5 Å². The van der Waals surface area contributed by atoms with Crippen LogP contribution in [-0.2, 0) is 6.18 Å². The van der Waals surface area contributed by atoms with Gasteiger partial charge in [0.1, 0.15) is 0 Å². The number of hydrogen-bond acceptors (Lipinski definition) is 3. The molecule has 10 heteroatoms. The van der Waals surface area contributed by atoms with Gasteiger partial charge in [-0.3, -0.25) is 4.79 Å². The van der Waals surface area contributed by atoms with E-state index in [0.29, 0.717) is 17.0 Å². The van der Waals surface area contributed by atoms with Crippen LogP contribution in [0.15, 0.2) is 23.0 Å². The van der Waals surface area contributed by atoms with Crippen molar-refractivity contribution in [1.29, 1.82) is 0 Å². The minimum atomic E-state index is -4.83. The van der Waals surface area contributed by atoms with Crippen LogP contribution in [0.1, 0.15) is 54.7 Å². The molecule has 0 atom stereocenters. The average molecular weight is 417 g/mol. The average Bonchev–Trinajstić information content (AvgIpc) is 2.87. The van der Waals surface area contributed by atoms with Crippen LogP contribution in [0.4, 0.5) is 13.2 Å². The number of aromatic amines is 1. The number of halogens is 4. The molecule has 1 aromatic heterocycles. The van der Waals surface area contributed by atoms with Gasteiger partial charge in [0.2, 0.25) is 5.82 Å². The molecule has 2 N–H and O–H groups in total. The molecule has 1 heterocycles. The maximum absolute atomic E-state index is 13.1. The third kappa shape index (κ3) is 4.57. The molecule has 0 aliphatic heterocycles. The van der Waals surface area contributed by atoms with Gasteiger partial charge in [0.05, 0.1) is 16.3 Å². The van der Waals surface area contributed by atoms with Gasteiger partial charge in [0.25, 0.3) is 5.91 Å². The molecule has 2 aromatic rings. The first-order valence-electron chi connectivity index (χ1n) is 9.10. The van der Waals surface area contributed by atoms with E-state index in [4.69, 9.17) is 11.6 Å². The Morgan fingerprint density at radius 3 is 2.57 bits per heavy atom. The molecule has 0 spiro atoms. The summed E-state index contributed by atoms with van der Waals surface area (Å²) in [4.78, 5) is 24.4. The predicted molar refractivity (Wildman–Crippen MR) is 97.7 cm³/mol. The van der Waals surface area contributed by atoms with Gasteiger partial charge in [-0.2, -0.15) is 13.2 Å². The van der Waals surface area contributed by atoms with E-state index in [2.05, 4.69) is 10.4 Å². The van der Waals surface area contributed by atoms with Gasteiger partial charge < -0.3 is 5.32 Å². The maximum Gasteiger partial charge on any atom is 0.452 e. The molecule has 152 valence electrons. The van der Waals surface area contributed by atoms with Crippen molar-refractivity contribution in [1.82, 2.24) is 20.1 Å². The maximum atomic E-state index is 13.1. The number of amides is 1. The lowest BCUT2D eigenvalue weighted by molar-refractivity contribution is -0.146. The second kappa shape index (κ2) is 8.38. The Morgan fingerprint density at radius 2 is 1.93 bits per heavy atom. The molecule has 0 saturated heterocycles. The van der Waals surface area contributed by atoms with Crippen molar-refractivity contribution in [3.8, 4) is 5.69 Å². The highest BCUT2D eigenvalue weighted by Gasteiger charge is 2.38. The summed E-state index contributed by atoms with van der Waals surface area (Å²) in [5.74, 6) is -1.51. The van der Waals surface area contributed by atoms with Crippen molar-refractivity contribution in [2.75, 3.05) is 6.54 Å². The van der Waals surface area contributed by atoms with Crippen molar-refractivity contribution in [2.45, 2.75) is 44.7 Å². The van der Waals surface area contributed by atoms with Crippen LogP contribution in [0.5, 0.6) is 0 Å². The van der Waals surface area contributed by atoms with Crippen LogP contribution in [0, 0.1) is 5.92 Å². The van der Waals surface area contributed by atoms with Crippen molar-refractivity contribution < 1.29 is 18.0 Å². The zero-order chi connectivity index (χ0) is 20.3. The zero-order valence-corrected chi connectivity index (χ0v) is 15.7. The van der Waals surface area contributed by atoms with E-state index < -0.39 is 23.6 Å². The summed E-state index contributed by atoms with van der Waals surface area (Å²) in [6.07, 6.45) is 1.88. The summed E-state index contributed by atoms with van der Waals surface area (Å²) in [5, 5.41) is 7.72. The first-order valence-corrected chi connectivity index (χ1v) is 9.48. The standard InChI is InChI=1S/C18H20ClF3N4O2/c19-14-8-7-12(26-16(18(20,21)22)24-25-17(26)28)9-13(14)15(27)23-10-11-5-3-1-2-4-6-11/h7-9,11H,1-6,10H2,(H,23,27)(H,25,28). The van der Waals surface area contributed by atoms with Crippen molar-refractivity contribution in [3.05, 3.63) is 45.1 Å². The van der Waals surface area contributed by atoms with E-state index in [9.17, 15) is 22.8 Å². The van der Waals surface area contributed by atoms with E-state index in [1.165, 1.54) is 25.0 Å². The van der Waals surface area contributed by atoms with Gasteiger partial charge in [-0.05, 0) is 37.0 Å². The quantitative estimate of drug-likeness (QED) is 0.741. The van der Waals surface area contributed by atoms with Crippen LogP contribution < -0.4 is 11.0 Å². The highest BCUT2D eigenvalue weighted by atomic mass is 35.5. The van der Waals surface area contributed by atoms with Crippen LogP contribution in [0.3, 0.4) is 0 Å². The fraction of sp³-hybridized carbons (Fsp3) is 0.500. The monoisotopic (exact) mass is 416 g/mol. The molecule has 0 radical (unpaired) electrons. The normalized spacial score (nSPS) is 16.0. The van der Waals surface area contributed by atoms with Gasteiger partial charge in [0.15, 0.2) is 0 Å². The third-order valence-corrected chi connectivity index (χ3v) is 5.23. The minimum Gasteiger partial charge on any atom is -0.352 e. The number of aromatic nitrogens is 3. The Labute approximate surface area is 164 Å². The van der Waals surface area contributed by atoms with Crippen LogP contribution in [0.2, 0.25) is 5.02 Å². The first kappa shape index (κ1) is 20.4. The molecule has 1 saturated carbocycles.